The molecule has 0 aliphatic heterocycles. The van der Waals surface area contributed by atoms with Gasteiger partial charge in [-0.15, -0.1) is 0 Å². The maximum absolute atomic E-state index is 12.0. The second-order valence-electron chi connectivity index (χ2n) is 6.69. The van der Waals surface area contributed by atoms with Gasteiger partial charge in [0.15, 0.2) is 0 Å². The van der Waals surface area contributed by atoms with E-state index in [0.29, 0.717) is 36.6 Å². The van der Waals surface area contributed by atoms with Crippen LogP contribution >= 0.6 is 0 Å². The van der Waals surface area contributed by atoms with E-state index < -0.39 is 12.0 Å². The van der Waals surface area contributed by atoms with Crippen LogP contribution in [0.5, 0.6) is 11.5 Å². The number of ether oxygens (including phenoxy) is 1. The number of benzene rings is 3. The Morgan fingerprint density at radius 3 is 2.38 bits per heavy atom. The molecule has 0 aliphatic carbocycles. The van der Waals surface area contributed by atoms with Crippen LogP contribution in [0.4, 0.5) is 0 Å². The summed E-state index contributed by atoms with van der Waals surface area (Å²) in [5.41, 5.74) is 7.82. The number of primary amides is 1. The molecular formula is C24H25N2O3. The lowest BCUT2D eigenvalue weighted by atomic mass is 10.0. The van der Waals surface area contributed by atoms with Crippen molar-refractivity contribution in [1.82, 2.24) is 5.32 Å². The molecule has 0 saturated carbocycles. The predicted molar refractivity (Wildman–Crippen MR) is 114 cm³/mol. The molecule has 1 atom stereocenters. The second kappa shape index (κ2) is 10.4. The minimum absolute atomic E-state index is 0.339. The van der Waals surface area contributed by atoms with Crippen LogP contribution in [0.1, 0.15) is 21.5 Å². The number of hydrogen-bond acceptors (Lipinski definition) is 4. The first-order valence-electron chi connectivity index (χ1n) is 9.54. The topological polar surface area (TPSA) is 84.6 Å². The minimum atomic E-state index is -0.601. The predicted octanol–water partition coefficient (Wildman–Crippen LogP) is 3.48. The molecule has 29 heavy (non-hydrogen) atoms. The van der Waals surface area contributed by atoms with E-state index in [1.807, 2.05) is 79.2 Å². The van der Waals surface area contributed by atoms with Crippen molar-refractivity contribution in [1.29, 1.82) is 0 Å². The molecule has 4 N–H and O–H groups in total. The quantitative estimate of drug-likeness (QED) is 0.496. The number of hydrogen-bond donors (Lipinski definition) is 3. The van der Waals surface area contributed by atoms with Gasteiger partial charge in [0.05, 0.1) is 11.7 Å². The fourth-order valence-corrected chi connectivity index (χ4v) is 3.03. The molecule has 0 aromatic heterocycles. The third kappa shape index (κ3) is 6.17. The highest BCUT2D eigenvalue weighted by Gasteiger charge is 2.16. The molecule has 0 heterocycles. The van der Waals surface area contributed by atoms with Crippen LogP contribution in [0.25, 0.3) is 0 Å². The molecule has 5 nitrogen and oxygen atoms in total. The van der Waals surface area contributed by atoms with E-state index in [4.69, 9.17) is 10.5 Å². The highest BCUT2D eigenvalue weighted by atomic mass is 16.5. The first-order valence-corrected chi connectivity index (χ1v) is 9.54. The maximum atomic E-state index is 12.0. The van der Waals surface area contributed by atoms with Crippen molar-refractivity contribution in [3.05, 3.63) is 102 Å². The van der Waals surface area contributed by atoms with E-state index in [1.54, 1.807) is 6.07 Å². The van der Waals surface area contributed by atoms with Crippen molar-refractivity contribution in [3.63, 3.8) is 0 Å². The summed E-state index contributed by atoms with van der Waals surface area (Å²) >= 11 is 0. The van der Waals surface area contributed by atoms with Crippen LogP contribution in [0.15, 0.2) is 78.9 Å². The number of nitrogens with one attached hydrogen (secondary N) is 1. The first-order chi connectivity index (χ1) is 14.1. The largest absolute Gasteiger partial charge is 0.457 e. The average Bonchev–Trinajstić information content (AvgIpc) is 2.74. The zero-order valence-corrected chi connectivity index (χ0v) is 16.1. The maximum Gasteiger partial charge on any atom is 0.252 e. The van der Waals surface area contributed by atoms with Crippen molar-refractivity contribution in [2.75, 3.05) is 6.54 Å². The zero-order chi connectivity index (χ0) is 20.5. The lowest BCUT2D eigenvalue weighted by Crippen LogP contribution is -2.28. The molecule has 5 heteroatoms. The molecule has 149 valence electrons. The van der Waals surface area contributed by atoms with Gasteiger partial charge in [0.25, 0.3) is 5.91 Å². The highest BCUT2D eigenvalue weighted by Crippen LogP contribution is 2.27. The number of carbonyl (C=O) groups is 1. The van der Waals surface area contributed by atoms with Gasteiger partial charge < -0.3 is 20.9 Å². The summed E-state index contributed by atoms with van der Waals surface area (Å²) in [5.74, 6) is 0.495. The molecule has 0 aliphatic rings. The SMILES string of the molecule is NC(=O)c1c(CNC[C@@H](O)[CH]Cc2ccccc2)cccc1Oc1ccccc1. The number of aliphatic hydroxyl groups excluding tert-OH is 1. The fourth-order valence-electron chi connectivity index (χ4n) is 3.03. The Hall–Kier alpha value is -3.15. The zero-order valence-electron chi connectivity index (χ0n) is 16.1. The van der Waals surface area contributed by atoms with Crippen molar-refractivity contribution in [2.24, 2.45) is 5.73 Å². The summed E-state index contributed by atoms with van der Waals surface area (Å²) in [6.07, 6.45) is 1.94. The molecule has 3 aromatic rings. The molecule has 0 spiro atoms. The van der Waals surface area contributed by atoms with E-state index in [-0.39, 0.29) is 0 Å². The number of aliphatic hydroxyl groups is 1. The third-order valence-electron chi connectivity index (χ3n) is 4.47. The Balaban J connectivity index is 1.58. The van der Waals surface area contributed by atoms with Gasteiger partial charge >= 0.3 is 0 Å². The Labute approximate surface area is 171 Å². The molecule has 0 bridgehead atoms. The van der Waals surface area contributed by atoms with E-state index in [2.05, 4.69) is 5.32 Å². The van der Waals surface area contributed by atoms with Crippen LogP contribution < -0.4 is 15.8 Å². The van der Waals surface area contributed by atoms with Gasteiger partial charge in [0, 0.05) is 13.1 Å². The van der Waals surface area contributed by atoms with E-state index in [9.17, 15) is 9.90 Å². The molecule has 0 unspecified atom stereocenters. The van der Waals surface area contributed by atoms with Crippen LogP contribution in [0.2, 0.25) is 0 Å². The molecule has 3 rings (SSSR count). The van der Waals surface area contributed by atoms with Gasteiger partial charge in [0.2, 0.25) is 0 Å². The lowest BCUT2D eigenvalue weighted by Gasteiger charge is -2.15. The van der Waals surface area contributed by atoms with Gasteiger partial charge in [-0.3, -0.25) is 4.79 Å². The van der Waals surface area contributed by atoms with Crippen LogP contribution in [-0.2, 0) is 13.0 Å². The summed E-state index contributed by atoms with van der Waals surface area (Å²) in [6.45, 7) is 0.759. The highest BCUT2D eigenvalue weighted by molar-refractivity contribution is 5.97. The first kappa shape index (κ1) is 20.6. The average molecular weight is 389 g/mol. The van der Waals surface area contributed by atoms with Gasteiger partial charge in [0.1, 0.15) is 11.5 Å². The number of nitrogens with two attached hydrogens (primary N) is 1. The summed E-state index contributed by atoms with van der Waals surface area (Å²) in [6, 6.07) is 24.6. The molecular weight excluding hydrogens is 364 g/mol. The molecule has 0 saturated heterocycles. The second-order valence-corrected chi connectivity index (χ2v) is 6.69. The summed E-state index contributed by atoms with van der Waals surface area (Å²) in [4.78, 5) is 12.0. The van der Waals surface area contributed by atoms with Crippen LogP contribution in [-0.4, -0.2) is 23.7 Å². The smallest absolute Gasteiger partial charge is 0.252 e. The van der Waals surface area contributed by atoms with E-state index in [1.165, 1.54) is 0 Å². The number of carbonyl (C=O) groups excluding carboxylic acids is 1. The molecule has 0 fully saturated rings. The monoisotopic (exact) mass is 389 g/mol. The van der Waals surface area contributed by atoms with Crippen LogP contribution in [0.3, 0.4) is 0 Å². The van der Waals surface area contributed by atoms with Gasteiger partial charge in [-0.25, -0.2) is 0 Å². The Kier molecular flexibility index (Phi) is 7.39. The van der Waals surface area contributed by atoms with Gasteiger partial charge in [-0.1, -0.05) is 60.7 Å². The third-order valence-corrected chi connectivity index (χ3v) is 4.47. The van der Waals surface area contributed by atoms with Crippen molar-refractivity contribution in [3.8, 4) is 11.5 Å². The number of rotatable bonds is 10. The van der Waals surface area contributed by atoms with Gasteiger partial charge in [-0.05, 0) is 42.2 Å². The Bertz CT molecular complexity index is 914. The van der Waals surface area contributed by atoms with Crippen molar-refractivity contribution in [2.45, 2.75) is 19.1 Å². The normalized spacial score (nSPS) is 11.8. The molecule has 3 aromatic carbocycles. The summed E-state index contributed by atoms with van der Waals surface area (Å²) in [7, 11) is 0. The fraction of sp³-hybridized carbons (Fsp3) is 0.167. The van der Waals surface area contributed by atoms with Crippen LogP contribution in [0, 0.1) is 6.42 Å². The number of amides is 1. The summed E-state index contributed by atoms with van der Waals surface area (Å²) < 4.78 is 5.84. The molecule has 1 amide bonds. The number of para-hydroxylation sites is 1. The standard InChI is InChI=1S/C24H25N2O3/c25-24(28)23-19(10-7-13-22(23)29-21-11-5-2-6-12-21)16-26-17-20(27)15-14-18-8-3-1-4-9-18/h1-13,15,20,26-27H,14,16-17H2,(H2,25,28)/t20-/m0/s1. The molecule has 1 radical (unpaired) electrons. The van der Waals surface area contributed by atoms with Crippen molar-refractivity contribution < 1.29 is 14.6 Å². The van der Waals surface area contributed by atoms with Gasteiger partial charge in [-0.2, -0.15) is 0 Å². The Morgan fingerprint density at radius 2 is 1.69 bits per heavy atom. The summed E-state index contributed by atoms with van der Waals surface area (Å²) in [5, 5.41) is 13.4. The minimum Gasteiger partial charge on any atom is -0.457 e. The lowest BCUT2D eigenvalue weighted by molar-refractivity contribution is 0.0997. The Morgan fingerprint density at radius 1 is 1.00 bits per heavy atom. The van der Waals surface area contributed by atoms with Crippen molar-refractivity contribution >= 4 is 5.91 Å². The van der Waals surface area contributed by atoms with E-state index in [0.717, 1.165) is 11.1 Å². The van der Waals surface area contributed by atoms with E-state index >= 15 is 0 Å².